The van der Waals surface area contributed by atoms with Crippen LogP contribution in [-0.2, 0) is 16.0 Å². The number of carbonyl (C=O) groups excluding carboxylic acids is 1. The van der Waals surface area contributed by atoms with Gasteiger partial charge < -0.3 is 15.2 Å². The first-order valence-electron chi connectivity index (χ1n) is 7.03. The summed E-state index contributed by atoms with van der Waals surface area (Å²) in [6.07, 6.45) is -1.05. The molecule has 0 aromatic heterocycles. The van der Waals surface area contributed by atoms with E-state index in [1.54, 1.807) is 20.8 Å². The van der Waals surface area contributed by atoms with Crippen LogP contribution in [0.1, 0.15) is 31.9 Å². The van der Waals surface area contributed by atoms with E-state index < -0.39 is 29.0 Å². The number of carbonyl (C=O) groups is 2. The van der Waals surface area contributed by atoms with E-state index in [2.05, 4.69) is 17.2 Å². The summed E-state index contributed by atoms with van der Waals surface area (Å²) in [5.74, 6) is 4.16. The number of hydrogen-bond donors (Lipinski definition) is 2. The molecule has 0 saturated carbocycles. The monoisotopic (exact) mass is 334 g/mol. The number of carboxylic acid groups (broad SMARTS) is 1. The van der Waals surface area contributed by atoms with Crippen LogP contribution in [0.15, 0.2) is 18.2 Å². The SMILES string of the molecule is CC(C)(C)OC(=O)NCC#Cc1ccc(CC(=O)O)c([N+](=O)[O-])c1. The number of nitro groups is 1. The number of aliphatic carboxylic acids is 1. The van der Waals surface area contributed by atoms with E-state index in [4.69, 9.17) is 9.84 Å². The summed E-state index contributed by atoms with van der Waals surface area (Å²) < 4.78 is 5.03. The Bertz CT molecular complexity index is 710. The smallest absolute Gasteiger partial charge is 0.408 e. The van der Waals surface area contributed by atoms with E-state index in [1.807, 2.05) is 0 Å². The Morgan fingerprint density at radius 2 is 2.04 bits per heavy atom. The van der Waals surface area contributed by atoms with Gasteiger partial charge in [0.1, 0.15) is 5.60 Å². The normalized spacial score (nSPS) is 10.3. The lowest BCUT2D eigenvalue weighted by molar-refractivity contribution is -0.385. The Hall–Kier alpha value is -3.08. The van der Waals surface area contributed by atoms with Gasteiger partial charge in [0.05, 0.1) is 17.9 Å². The second kappa shape index (κ2) is 7.97. The highest BCUT2D eigenvalue weighted by molar-refractivity contribution is 5.72. The van der Waals surface area contributed by atoms with Gasteiger partial charge in [-0.1, -0.05) is 17.9 Å². The Balaban J connectivity index is 2.76. The highest BCUT2D eigenvalue weighted by atomic mass is 16.6. The fourth-order valence-corrected chi connectivity index (χ4v) is 1.70. The van der Waals surface area contributed by atoms with Crippen LogP contribution in [0.4, 0.5) is 10.5 Å². The third-order valence-corrected chi connectivity index (χ3v) is 2.58. The Morgan fingerprint density at radius 3 is 2.58 bits per heavy atom. The molecule has 0 aliphatic heterocycles. The van der Waals surface area contributed by atoms with Gasteiger partial charge >= 0.3 is 12.1 Å². The van der Waals surface area contributed by atoms with Crippen molar-refractivity contribution in [1.82, 2.24) is 5.32 Å². The molecule has 0 aliphatic carbocycles. The molecule has 1 aromatic carbocycles. The Kier molecular flexibility index (Phi) is 6.30. The van der Waals surface area contributed by atoms with Gasteiger partial charge in [-0.25, -0.2) is 4.79 Å². The van der Waals surface area contributed by atoms with Gasteiger partial charge in [0, 0.05) is 17.2 Å². The number of ether oxygens (including phenoxy) is 1. The predicted molar refractivity (Wildman–Crippen MR) is 85.6 cm³/mol. The van der Waals surface area contributed by atoms with E-state index in [-0.39, 0.29) is 17.8 Å². The van der Waals surface area contributed by atoms with Crippen molar-refractivity contribution in [3.05, 3.63) is 39.4 Å². The van der Waals surface area contributed by atoms with Crippen LogP contribution in [-0.4, -0.2) is 34.2 Å². The molecule has 1 aromatic rings. The number of amides is 1. The van der Waals surface area contributed by atoms with E-state index >= 15 is 0 Å². The van der Waals surface area contributed by atoms with Gasteiger partial charge in [0.2, 0.25) is 0 Å². The molecule has 0 unspecified atom stereocenters. The maximum atomic E-state index is 11.4. The minimum atomic E-state index is -1.15. The van der Waals surface area contributed by atoms with Crippen LogP contribution in [0, 0.1) is 22.0 Å². The molecule has 2 N–H and O–H groups in total. The van der Waals surface area contributed by atoms with Crippen molar-refractivity contribution in [2.75, 3.05) is 6.54 Å². The molecule has 8 nitrogen and oxygen atoms in total. The molecule has 0 aliphatic rings. The summed E-state index contributed by atoms with van der Waals surface area (Å²) >= 11 is 0. The predicted octanol–water partition coefficient (Wildman–Crippen LogP) is 2.10. The third-order valence-electron chi connectivity index (χ3n) is 2.58. The average molecular weight is 334 g/mol. The molecule has 0 bridgehead atoms. The van der Waals surface area contributed by atoms with Crippen LogP contribution in [0.3, 0.4) is 0 Å². The van der Waals surface area contributed by atoms with Gasteiger partial charge in [0.15, 0.2) is 0 Å². The summed E-state index contributed by atoms with van der Waals surface area (Å²) in [7, 11) is 0. The first-order valence-corrected chi connectivity index (χ1v) is 7.03. The summed E-state index contributed by atoms with van der Waals surface area (Å²) in [4.78, 5) is 32.5. The minimum Gasteiger partial charge on any atom is -0.481 e. The molecule has 0 saturated heterocycles. The highest BCUT2D eigenvalue weighted by Crippen LogP contribution is 2.20. The molecule has 8 heteroatoms. The quantitative estimate of drug-likeness (QED) is 0.494. The molecular formula is C16H18N2O6. The molecule has 24 heavy (non-hydrogen) atoms. The van der Waals surface area contributed by atoms with Gasteiger partial charge in [-0.2, -0.15) is 0 Å². The Labute approximate surface area is 139 Å². The van der Waals surface area contributed by atoms with Crippen LogP contribution < -0.4 is 5.32 Å². The van der Waals surface area contributed by atoms with Crippen molar-refractivity contribution in [3.8, 4) is 11.8 Å². The zero-order chi connectivity index (χ0) is 18.3. The van der Waals surface area contributed by atoms with E-state index in [0.29, 0.717) is 5.56 Å². The minimum absolute atomic E-state index is 0.0135. The van der Waals surface area contributed by atoms with Crippen LogP contribution in [0.25, 0.3) is 0 Å². The van der Waals surface area contributed by atoms with E-state index in [0.717, 1.165) is 0 Å². The van der Waals surface area contributed by atoms with Crippen molar-refractivity contribution >= 4 is 17.7 Å². The molecule has 0 fully saturated rings. The number of hydrogen-bond acceptors (Lipinski definition) is 5. The second-order valence-corrected chi connectivity index (χ2v) is 5.83. The van der Waals surface area contributed by atoms with Gasteiger partial charge in [-0.05, 0) is 26.8 Å². The van der Waals surface area contributed by atoms with Crippen molar-refractivity contribution in [2.45, 2.75) is 32.8 Å². The summed E-state index contributed by atoms with van der Waals surface area (Å²) in [6.45, 7) is 5.21. The molecule has 0 radical (unpaired) electrons. The van der Waals surface area contributed by atoms with E-state index in [1.165, 1.54) is 18.2 Å². The molecule has 0 spiro atoms. The summed E-state index contributed by atoms with van der Waals surface area (Å²) in [6, 6.07) is 4.06. The lowest BCUT2D eigenvalue weighted by Gasteiger charge is -2.18. The van der Waals surface area contributed by atoms with Crippen LogP contribution in [0.5, 0.6) is 0 Å². The van der Waals surface area contributed by atoms with Gasteiger partial charge in [0.25, 0.3) is 5.69 Å². The second-order valence-electron chi connectivity index (χ2n) is 5.83. The fraction of sp³-hybridized carbons (Fsp3) is 0.375. The molecular weight excluding hydrogens is 316 g/mol. The molecule has 128 valence electrons. The number of carboxylic acids is 1. The lowest BCUT2D eigenvalue weighted by atomic mass is 10.1. The number of alkyl carbamates (subject to hydrolysis) is 1. The standard InChI is InChI=1S/C16H18N2O6/c1-16(2,3)24-15(21)17-8-4-5-11-6-7-12(10-14(19)20)13(9-11)18(22)23/h6-7,9H,8,10H2,1-3H3,(H,17,21)(H,19,20). The number of nitrogens with zero attached hydrogens (tertiary/aromatic N) is 1. The largest absolute Gasteiger partial charge is 0.481 e. The topological polar surface area (TPSA) is 119 Å². The van der Waals surface area contributed by atoms with Crippen LogP contribution in [0.2, 0.25) is 0 Å². The first kappa shape index (κ1) is 19.0. The number of nitro benzene ring substituents is 1. The fourth-order valence-electron chi connectivity index (χ4n) is 1.70. The summed E-state index contributed by atoms with van der Waals surface area (Å²) in [5.41, 5.74) is -0.464. The third kappa shape index (κ3) is 6.79. The molecule has 1 amide bonds. The molecule has 0 atom stereocenters. The van der Waals surface area contributed by atoms with E-state index in [9.17, 15) is 19.7 Å². The van der Waals surface area contributed by atoms with Crippen molar-refractivity contribution in [2.24, 2.45) is 0 Å². The maximum absolute atomic E-state index is 11.4. The zero-order valence-electron chi connectivity index (χ0n) is 13.6. The van der Waals surface area contributed by atoms with Crippen molar-refractivity contribution in [1.29, 1.82) is 0 Å². The van der Waals surface area contributed by atoms with Gasteiger partial charge in [-0.3, -0.25) is 14.9 Å². The molecule has 1 rings (SSSR count). The first-order chi connectivity index (χ1) is 11.1. The van der Waals surface area contributed by atoms with Crippen LogP contribution >= 0.6 is 0 Å². The van der Waals surface area contributed by atoms with Crippen molar-refractivity contribution < 1.29 is 24.4 Å². The molecule has 0 heterocycles. The number of rotatable bonds is 4. The maximum Gasteiger partial charge on any atom is 0.408 e. The average Bonchev–Trinajstić information content (AvgIpc) is 2.42. The Morgan fingerprint density at radius 1 is 1.38 bits per heavy atom. The van der Waals surface area contributed by atoms with Crippen molar-refractivity contribution in [3.63, 3.8) is 0 Å². The zero-order valence-corrected chi connectivity index (χ0v) is 13.6. The highest BCUT2D eigenvalue weighted by Gasteiger charge is 2.17. The lowest BCUT2D eigenvalue weighted by Crippen LogP contribution is -2.32. The number of nitrogens with one attached hydrogen (secondary N) is 1. The summed E-state index contributed by atoms with van der Waals surface area (Å²) in [5, 5.41) is 22.2. The van der Waals surface area contributed by atoms with Gasteiger partial charge in [-0.15, -0.1) is 0 Å². The number of benzene rings is 1.